The summed E-state index contributed by atoms with van der Waals surface area (Å²) in [5.74, 6) is 0.492. The first-order valence-electron chi connectivity index (χ1n) is 4.75. The van der Waals surface area contributed by atoms with Crippen molar-refractivity contribution in [3.8, 4) is 5.75 Å². The van der Waals surface area contributed by atoms with Crippen molar-refractivity contribution < 1.29 is 9.53 Å². The average molecular weight is 200 g/mol. The van der Waals surface area contributed by atoms with Crippen LogP contribution in [0.5, 0.6) is 5.75 Å². The van der Waals surface area contributed by atoms with Crippen LogP contribution in [0.1, 0.15) is 12.5 Å². The lowest BCUT2D eigenvalue weighted by Gasteiger charge is -2.07. The molecule has 0 unspecified atom stereocenters. The molecule has 2 rings (SSSR count). The van der Waals surface area contributed by atoms with Crippen LogP contribution in [0.4, 0.5) is 0 Å². The summed E-state index contributed by atoms with van der Waals surface area (Å²) in [6.45, 7) is 2.37. The molecular weight excluding hydrogens is 190 g/mol. The first-order chi connectivity index (χ1) is 7.36. The van der Waals surface area contributed by atoms with Gasteiger partial charge in [-0.2, -0.15) is 0 Å². The third kappa shape index (κ3) is 1.68. The van der Waals surface area contributed by atoms with Crippen LogP contribution >= 0.6 is 0 Å². The molecule has 15 heavy (non-hydrogen) atoms. The van der Waals surface area contributed by atoms with Crippen molar-refractivity contribution in [2.45, 2.75) is 6.92 Å². The quantitative estimate of drug-likeness (QED) is 0.761. The van der Waals surface area contributed by atoms with Gasteiger partial charge in [-0.05, 0) is 13.0 Å². The fourth-order valence-corrected chi connectivity index (χ4v) is 1.49. The van der Waals surface area contributed by atoms with Crippen molar-refractivity contribution in [1.29, 1.82) is 0 Å². The molecule has 2 aromatic rings. The summed E-state index contributed by atoms with van der Waals surface area (Å²) in [5.41, 5.74) is 1.22. The van der Waals surface area contributed by atoms with Gasteiger partial charge in [-0.15, -0.1) is 0 Å². The minimum atomic E-state index is 0.447. The Morgan fingerprint density at radius 2 is 2.20 bits per heavy atom. The Labute approximate surface area is 87.7 Å². The number of aromatic nitrogens is 1. The van der Waals surface area contributed by atoms with Gasteiger partial charge in [-0.3, -0.25) is 9.78 Å². The number of para-hydroxylation sites is 1. The Balaban J connectivity index is 2.69. The van der Waals surface area contributed by atoms with Gasteiger partial charge in [0.05, 0.1) is 23.9 Å². The van der Waals surface area contributed by atoms with Crippen LogP contribution in [0.2, 0.25) is 0 Å². The highest BCUT2D eigenvalue weighted by molar-refractivity contribution is 5.99. The minimum absolute atomic E-state index is 0.447. The van der Waals surface area contributed by atoms with Crippen molar-refractivity contribution in [2.24, 2.45) is 0 Å². The molecule has 0 aliphatic rings. The number of nitrogens with zero attached hydrogens (tertiary/aromatic N) is 1. The molecule has 1 aromatic heterocycles. The van der Waals surface area contributed by atoms with Crippen LogP contribution < -0.4 is 4.74 Å². The first kappa shape index (κ1) is 9.65. The number of benzene rings is 1. The van der Waals surface area contributed by atoms with Crippen LogP contribution in [-0.4, -0.2) is 17.9 Å². The fraction of sp³-hybridized carbons (Fsp3) is 0.167. The van der Waals surface area contributed by atoms with E-state index in [2.05, 4.69) is 4.98 Å². The number of fused-ring (bicyclic) bond motifs is 1. The Bertz CT molecular complexity index is 494. The summed E-state index contributed by atoms with van der Waals surface area (Å²) in [4.78, 5) is 15.1. The molecule has 1 radical (unpaired) electrons. The molecule has 0 saturated carbocycles. The second-order valence-electron chi connectivity index (χ2n) is 3.05. The number of hydrogen-bond donors (Lipinski definition) is 0. The van der Waals surface area contributed by atoms with Gasteiger partial charge >= 0.3 is 0 Å². The molecule has 3 nitrogen and oxygen atoms in total. The number of hydrogen-bond acceptors (Lipinski definition) is 3. The molecule has 3 heteroatoms. The van der Waals surface area contributed by atoms with E-state index in [0.29, 0.717) is 17.9 Å². The van der Waals surface area contributed by atoms with Crippen LogP contribution in [0, 0.1) is 0 Å². The number of rotatable bonds is 3. The van der Waals surface area contributed by atoms with Crippen molar-refractivity contribution >= 4 is 17.2 Å². The van der Waals surface area contributed by atoms with E-state index in [9.17, 15) is 4.79 Å². The van der Waals surface area contributed by atoms with E-state index in [0.717, 1.165) is 10.9 Å². The minimum Gasteiger partial charge on any atom is -0.491 e. The molecule has 0 N–H and O–H groups in total. The van der Waals surface area contributed by atoms with Crippen molar-refractivity contribution in [1.82, 2.24) is 4.98 Å². The maximum Gasteiger partial charge on any atom is 0.238 e. The van der Waals surface area contributed by atoms with E-state index >= 15 is 0 Å². The molecule has 0 spiro atoms. The molecule has 0 fully saturated rings. The third-order valence-electron chi connectivity index (χ3n) is 2.14. The molecule has 0 bridgehead atoms. The molecule has 0 aliphatic heterocycles. The summed E-state index contributed by atoms with van der Waals surface area (Å²) in [6.07, 6.45) is 3.47. The Kier molecular flexibility index (Phi) is 2.63. The fourth-order valence-electron chi connectivity index (χ4n) is 1.49. The van der Waals surface area contributed by atoms with Gasteiger partial charge in [-0.1, -0.05) is 18.2 Å². The summed E-state index contributed by atoms with van der Waals surface area (Å²) < 4.78 is 5.31. The highest BCUT2D eigenvalue weighted by atomic mass is 16.5. The van der Waals surface area contributed by atoms with Crippen LogP contribution in [0.25, 0.3) is 10.9 Å². The van der Waals surface area contributed by atoms with Gasteiger partial charge in [0.2, 0.25) is 6.29 Å². The first-order valence-corrected chi connectivity index (χ1v) is 4.75. The molecule has 0 amide bonds. The van der Waals surface area contributed by atoms with Gasteiger partial charge < -0.3 is 4.74 Å². The number of ether oxygens (including phenoxy) is 1. The molecule has 0 atom stereocenters. The highest BCUT2D eigenvalue weighted by Gasteiger charge is 2.08. The molecule has 1 heterocycles. The standard InChI is InChI=1S/C12H10NO2/c1-2-15-12-7-13-11-6-4-3-5-9(11)10(12)8-14/h3-7H,2H2,1H3. The zero-order valence-corrected chi connectivity index (χ0v) is 8.36. The van der Waals surface area contributed by atoms with Gasteiger partial charge in [0.1, 0.15) is 5.75 Å². The van der Waals surface area contributed by atoms with E-state index in [1.165, 1.54) is 0 Å². The highest BCUT2D eigenvalue weighted by Crippen LogP contribution is 2.24. The predicted octanol–water partition coefficient (Wildman–Crippen LogP) is 2.09. The Hall–Kier alpha value is -1.90. The lowest BCUT2D eigenvalue weighted by atomic mass is 10.1. The molecule has 0 saturated heterocycles. The third-order valence-corrected chi connectivity index (χ3v) is 2.14. The van der Waals surface area contributed by atoms with Crippen molar-refractivity contribution in [3.05, 3.63) is 36.0 Å². The zero-order valence-electron chi connectivity index (χ0n) is 8.36. The van der Waals surface area contributed by atoms with Crippen LogP contribution in [-0.2, 0) is 4.79 Å². The smallest absolute Gasteiger partial charge is 0.238 e. The Morgan fingerprint density at radius 1 is 1.40 bits per heavy atom. The van der Waals surface area contributed by atoms with E-state index in [-0.39, 0.29) is 0 Å². The lowest BCUT2D eigenvalue weighted by Crippen LogP contribution is -1.98. The van der Waals surface area contributed by atoms with Crippen molar-refractivity contribution in [2.75, 3.05) is 6.61 Å². The second-order valence-corrected chi connectivity index (χ2v) is 3.05. The SMILES string of the molecule is CCOc1cnc2ccccc2c1[C]=O. The largest absolute Gasteiger partial charge is 0.491 e. The normalized spacial score (nSPS) is 10.2. The molecule has 75 valence electrons. The monoisotopic (exact) mass is 200 g/mol. The van der Waals surface area contributed by atoms with Gasteiger partial charge in [0.15, 0.2) is 0 Å². The Morgan fingerprint density at radius 3 is 2.93 bits per heavy atom. The lowest BCUT2D eigenvalue weighted by molar-refractivity contribution is 0.338. The summed E-state index contributed by atoms with van der Waals surface area (Å²) in [7, 11) is 0. The summed E-state index contributed by atoms with van der Waals surface area (Å²) in [6, 6.07) is 7.43. The summed E-state index contributed by atoms with van der Waals surface area (Å²) in [5, 5.41) is 0.776. The van der Waals surface area contributed by atoms with E-state index in [4.69, 9.17) is 4.74 Å². The van der Waals surface area contributed by atoms with Gasteiger partial charge in [0, 0.05) is 5.39 Å². The predicted molar refractivity (Wildman–Crippen MR) is 57.7 cm³/mol. The van der Waals surface area contributed by atoms with E-state index in [1.807, 2.05) is 37.5 Å². The second kappa shape index (κ2) is 4.09. The molecular formula is C12H10NO2. The van der Waals surface area contributed by atoms with E-state index in [1.54, 1.807) is 6.20 Å². The van der Waals surface area contributed by atoms with Crippen molar-refractivity contribution in [3.63, 3.8) is 0 Å². The van der Waals surface area contributed by atoms with E-state index < -0.39 is 0 Å². The number of carbonyl (C=O) groups excluding carboxylic acids is 1. The maximum atomic E-state index is 10.9. The summed E-state index contributed by atoms with van der Waals surface area (Å²) >= 11 is 0. The maximum absolute atomic E-state index is 10.9. The number of pyridine rings is 1. The zero-order chi connectivity index (χ0) is 10.7. The van der Waals surface area contributed by atoms with Gasteiger partial charge in [0.25, 0.3) is 0 Å². The van der Waals surface area contributed by atoms with Crippen LogP contribution in [0.3, 0.4) is 0 Å². The molecule has 1 aromatic carbocycles. The average Bonchev–Trinajstić information content (AvgIpc) is 2.29. The van der Waals surface area contributed by atoms with Gasteiger partial charge in [-0.25, -0.2) is 0 Å². The van der Waals surface area contributed by atoms with Crippen LogP contribution in [0.15, 0.2) is 30.5 Å². The topological polar surface area (TPSA) is 39.2 Å². The molecule has 0 aliphatic carbocycles.